The van der Waals surface area contributed by atoms with Crippen LogP contribution in [0, 0.1) is 0 Å². The maximum Gasteiger partial charge on any atom is 0.358 e. The van der Waals surface area contributed by atoms with E-state index in [-0.39, 0.29) is 11.0 Å². The van der Waals surface area contributed by atoms with Gasteiger partial charge >= 0.3 is 13.6 Å². The van der Waals surface area contributed by atoms with Crippen molar-refractivity contribution in [2.45, 2.75) is 0 Å². The second-order valence-electron chi connectivity index (χ2n) is 4.15. The van der Waals surface area contributed by atoms with E-state index in [9.17, 15) is 19.1 Å². The van der Waals surface area contributed by atoms with E-state index in [1.54, 1.807) is 30.3 Å². The molecule has 0 spiro atoms. The standard InChI is InChI=1S/C13H12ClN2O4P/c14-9-4-3-5-10(8-9)15-13(17)16-11-6-1-2-7-12(11)21(18,19)20/h1-8H,(H2,15,16,17)(H2,18,19,20). The number of benzene rings is 2. The van der Waals surface area contributed by atoms with Crippen LogP contribution < -0.4 is 15.9 Å². The molecule has 0 aliphatic rings. The summed E-state index contributed by atoms with van der Waals surface area (Å²) in [6.45, 7) is 0. The van der Waals surface area contributed by atoms with Crippen molar-refractivity contribution < 1.29 is 19.1 Å². The van der Waals surface area contributed by atoms with Gasteiger partial charge in [0.15, 0.2) is 0 Å². The maximum atomic E-state index is 11.9. The van der Waals surface area contributed by atoms with Gasteiger partial charge in [0, 0.05) is 10.7 Å². The summed E-state index contributed by atoms with van der Waals surface area (Å²) in [5, 5.41) is 5.14. The summed E-state index contributed by atoms with van der Waals surface area (Å²) >= 11 is 5.80. The van der Waals surface area contributed by atoms with E-state index in [1.165, 1.54) is 18.2 Å². The number of carbonyl (C=O) groups excluding carboxylic acids is 1. The second kappa shape index (κ2) is 6.28. The maximum absolute atomic E-state index is 11.9. The Labute approximate surface area is 125 Å². The minimum absolute atomic E-state index is 0.0466. The predicted molar refractivity (Wildman–Crippen MR) is 82.2 cm³/mol. The van der Waals surface area contributed by atoms with E-state index in [0.29, 0.717) is 10.7 Å². The summed E-state index contributed by atoms with van der Waals surface area (Å²) in [7, 11) is -4.47. The lowest BCUT2D eigenvalue weighted by atomic mass is 10.3. The molecule has 0 aliphatic carbocycles. The Balaban J connectivity index is 2.16. The second-order valence-corrected chi connectivity index (χ2v) is 6.16. The van der Waals surface area contributed by atoms with Crippen LogP contribution in [0.15, 0.2) is 48.5 Å². The van der Waals surface area contributed by atoms with E-state index in [1.807, 2.05) is 0 Å². The molecule has 6 nitrogen and oxygen atoms in total. The molecule has 0 aromatic heterocycles. The first kappa shape index (κ1) is 15.5. The quantitative estimate of drug-likeness (QED) is 0.652. The van der Waals surface area contributed by atoms with Gasteiger partial charge in [-0.15, -0.1) is 0 Å². The summed E-state index contributed by atoms with van der Waals surface area (Å²) < 4.78 is 11.3. The van der Waals surface area contributed by atoms with Crippen molar-refractivity contribution in [3.8, 4) is 0 Å². The number of carbonyl (C=O) groups is 1. The highest BCUT2D eigenvalue weighted by atomic mass is 35.5. The Morgan fingerprint density at radius 1 is 1.05 bits per heavy atom. The minimum Gasteiger partial charge on any atom is -0.321 e. The lowest BCUT2D eigenvalue weighted by molar-refractivity contribution is 0.262. The third-order valence-electron chi connectivity index (χ3n) is 2.55. The molecular formula is C13H12ClN2O4P. The molecule has 2 aromatic carbocycles. The summed E-state index contributed by atoms with van der Waals surface area (Å²) in [6, 6.07) is 11.6. The minimum atomic E-state index is -4.47. The number of para-hydroxylation sites is 1. The molecule has 0 bridgehead atoms. The van der Waals surface area contributed by atoms with Crippen LogP contribution in [-0.4, -0.2) is 15.8 Å². The molecular weight excluding hydrogens is 315 g/mol. The van der Waals surface area contributed by atoms with Crippen molar-refractivity contribution in [1.29, 1.82) is 0 Å². The van der Waals surface area contributed by atoms with Crippen LogP contribution in [0.25, 0.3) is 0 Å². The number of rotatable bonds is 3. The monoisotopic (exact) mass is 326 g/mol. The molecule has 0 saturated heterocycles. The van der Waals surface area contributed by atoms with Crippen molar-refractivity contribution in [2.75, 3.05) is 10.6 Å². The van der Waals surface area contributed by atoms with Gasteiger partial charge in [0.2, 0.25) is 0 Å². The fraction of sp³-hybridized carbons (Fsp3) is 0. The van der Waals surface area contributed by atoms with Crippen LogP contribution in [0.5, 0.6) is 0 Å². The molecule has 0 fully saturated rings. The number of amides is 2. The number of halogens is 1. The van der Waals surface area contributed by atoms with E-state index >= 15 is 0 Å². The van der Waals surface area contributed by atoms with Gasteiger partial charge in [-0.05, 0) is 30.3 Å². The lowest BCUT2D eigenvalue weighted by Gasteiger charge is -2.12. The Kier molecular flexibility index (Phi) is 4.65. The molecule has 21 heavy (non-hydrogen) atoms. The first-order valence-corrected chi connectivity index (χ1v) is 7.84. The van der Waals surface area contributed by atoms with Crippen molar-refractivity contribution in [2.24, 2.45) is 0 Å². The van der Waals surface area contributed by atoms with Crippen molar-refractivity contribution in [3.63, 3.8) is 0 Å². The third-order valence-corrected chi connectivity index (χ3v) is 3.80. The van der Waals surface area contributed by atoms with Gasteiger partial charge in [-0.3, -0.25) is 4.57 Å². The lowest BCUT2D eigenvalue weighted by Crippen LogP contribution is -2.23. The molecule has 0 saturated carbocycles. The third kappa shape index (κ3) is 4.31. The topological polar surface area (TPSA) is 98.7 Å². The smallest absolute Gasteiger partial charge is 0.321 e. The van der Waals surface area contributed by atoms with Gasteiger partial charge in [0.25, 0.3) is 0 Å². The Morgan fingerprint density at radius 2 is 1.76 bits per heavy atom. The zero-order valence-corrected chi connectivity index (χ0v) is 12.3. The first-order chi connectivity index (χ1) is 9.86. The van der Waals surface area contributed by atoms with Gasteiger partial charge in [-0.25, -0.2) is 4.79 Å². The fourth-order valence-electron chi connectivity index (χ4n) is 1.68. The van der Waals surface area contributed by atoms with Gasteiger partial charge < -0.3 is 20.4 Å². The fourth-order valence-corrected chi connectivity index (χ4v) is 2.60. The summed E-state index contributed by atoms with van der Waals surface area (Å²) in [4.78, 5) is 30.3. The molecule has 0 atom stereocenters. The first-order valence-electron chi connectivity index (χ1n) is 5.85. The van der Waals surface area contributed by atoms with Gasteiger partial charge in [0.1, 0.15) is 0 Å². The Hall–Kier alpha value is -1.85. The van der Waals surface area contributed by atoms with Crippen molar-refractivity contribution >= 4 is 41.9 Å². The predicted octanol–water partition coefficient (Wildman–Crippen LogP) is 2.79. The van der Waals surface area contributed by atoms with E-state index < -0.39 is 13.6 Å². The number of hydrogen-bond acceptors (Lipinski definition) is 2. The normalized spacial score (nSPS) is 11.0. The molecule has 2 rings (SSSR count). The molecule has 0 heterocycles. The van der Waals surface area contributed by atoms with E-state index in [4.69, 9.17) is 11.6 Å². The SMILES string of the molecule is O=C(Nc1cccc(Cl)c1)Nc1ccccc1P(=O)(O)O. The zero-order chi connectivity index (χ0) is 15.5. The number of anilines is 2. The van der Waals surface area contributed by atoms with Crippen LogP contribution in [0.3, 0.4) is 0 Å². The highest BCUT2D eigenvalue weighted by Crippen LogP contribution is 2.36. The van der Waals surface area contributed by atoms with E-state index in [0.717, 1.165) is 0 Å². The molecule has 2 amide bonds. The number of nitrogens with one attached hydrogen (secondary N) is 2. The van der Waals surface area contributed by atoms with Crippen LogP contribution in [0.1, 0.15) is 0 Å². The average Bonchev–Trinajstić information content (AvgIpc) is 2.37. The van der Waals surface area contributed by atoms with Gasteiger partial charge in [-0.2, -0.15) is 0 Å². The molecule has 110 valence electrons. The van der Waals surface area contributed by atoms with Crippen LogP contribution in [-0.2, 0) is 4.57 Å². The van der Waals surface area contributed by atoms with Gasteiger partial charge in [-0.1, -0.05) is 29.8 Å². The summed E-state index contributed by atoms with van der Waals surface area (Å²) in [6.07, 6.45) is 0. The number of urea groups is 1. The number of hydrogen-bond donors (Lipinski definition) is 4. The average molecular weight is 327 g/mol. The van der Waals surface area contributed by atoms with Crippen molar-refractivity contribution in [1.82, 2.24) is 0 Å². The molecule has 0 radical (unpaired) electrons. The van der Waals surface area contributed by atoms with Crippen LogP contribution >= 0.6 is 19.2 Å². The van der Waals surface area contributed by atoms with Gasteiger partial charge in [0.05, 0.1) is 11.0 Å². The largest absolute Gasteiger partial charge is 0.358 e. The molecule has 0 unspecified atom stereocenters. The van der Waals surface area contributed by atoms with Crippen LogP contribution in [0.4, 0.5) is 16.2 Å². The zero-order valence-electron chi connectivity index (χ0n) is 10.7. The van der Waals surface area contributed by atoms with Crippen molar-refractivity contribution in [3.05, 3.63) is 53.6 Å². The Bertz CT molecular complexity index is 717. The molecule has 8 heteroatoms. The molecule has 2 aromatic rings. The molecule has 4 N–H and O–H groups in total. The highest BCUT2D eigenvalue weighted by molar-refractivity contribution is 7.60. The Morgan fingerprint density at radius 3 is 2.43 bits per heavy atom. The van der Waals surface area contributed by atoms with Crippen LogP contribution in [0.2, 0.25) is 5.02 Å². The highest BCUT2D eigenvalue weighted by Gasteiger charge is 2.21. The van der Waals surface area contributed by atoms with E-state index in [2.05, 4.69) is 10.6 Å². The molecule has 0 aliphatic heterocycles. The summed E-state index contributed by atoms with van der Waals surface area (Å²) in [5.41, 5.74) is 0.513. The summed E-state index contributed by atoms with van der Waals surface area (Å²) in [5.74, 6) is 0.